The van der Waals surface area contributed by atoms with Gasteiger partial charge in [-0.15, -0.1) is 12.4 Å². The second-order valence-electron chi connectivity index (χ2n) is 5.22. The minimum Gasteiger partial charge on any atom is -0.397 e. The van der Waals surface area contributed by atoms with Crippen LogP contribution in [0.15, 0.2) is 18.3 Å². The van der Waals surface area contributed by atoms with Crippen LogP contribution < -0.4 is 5.73 Å². The molecule has 2 rings (SSSR count). The second kappa shape index (κ2) is 7.45. The van der Waals surface area contributed by atoms with E-state index in [0.29, 0.717) is 18.0 Å². The first-order valence-electron chi connectivity index (χ1n) is 6.72. The number of hydrogen-bond donors (Lipinski definition) is 2. The third-order valence-corrected chi connectivity index (χ3v) is 3.75. The molecular formula is C14H22ClN3O2. The lowest BCUT2D eigenvalue weighted by Gasteiger charge is -2.33. The van der Waals surface area contributed by atoms with Crippen LogP contribution in [0.3, 0.4) is 0 Å². The van der Waals surface area contributed by atoms with Crippen molar-refractivity contribution >= 4 is 24.0 Å². The fourth-order valence-electron chi connectivity index (χ4n) is 2.44. The Kier molecular flexibility index (Phi) is 6.23. The van der Waals surface area contributed by atoms with E-state index in [1.807, 2.05) is 11.8 Å². The molecule has 0 aromatic carbocycles. The summed E-state index contributed by atoms with van der Waals surface area (Å²) < 4.78 is 0. The number of hydrogen-bond acceptors (Lipinski definition) is 4. The van der Waals surface area contributed by atoms with Gasteiger partial charge in [-0.1, -0.05) is 0 Å². The van der Waals surface area contributed by atoms with Crippen LogP contribution in [0.4, 0.5) is 5.69 Å². The van der Waals surface area contributed by atoms with E-state index in [-0.39, 0.29) is 24.4 Å². The third kappa shape index (κ3) is 4.35. The topological polar surface area (TPSA) is 79.5 Å². The molecule has 5 nitrogen and oxygen atoms in total. The van der Waals surface area contributed by atoms with Crippen LogP contribution in [0, 0.1) is 5.92 Å². The van der Waals surface area contributed by atoms with Crippen molar-refractivity contribution in [3.8, 4) is 0 Å². The van der Waals surface area contributed by atoms with Crippen LogP contribution in [0.1, 0.15) is 25.5 Å². The highest BCUT2D eigenvalue weighted by molar-refractivity contribution is 5.85. The number of rotatable bonds is 3. The molecule has 1 aliphatic rings. The lowest BCUT2D eigenvalue weighted by Crippen LogP contribution is -2.41. The van der Waals surface area contributed by atoms with Crippen LogP contribution in [-0.2, 0) is 11.2 Å². The summed E-state index contributed by atoms with van der Waals surface area (Å²) in [7, 11) is 0. The first-order chi connectivity index (χ1) is 9.06. The van der Waals surface area contributed by atoms with Crippen molar-refractivity contribution < 1.29 is 9.90 Å². The number of carbonyl (C=O) groups excluding carboxylic acids is 1. The Bertz CT molecular complexity index is 429. The summed E-state index contributed by atoms with van der Waals surface area (Å²) in [6.07, 6.45) is 3.36. The van der Waals surface area contributed by atoms with E-state index in [2.05, 4.69) is 4.98 Å². The molecule has 0 radical (unpaired) electrons. The van der Waals surface area contributed by atoms with Crippen molar-refractivity contribution in [2.24, 2.45) is 5.92 Å². The van der Waals surface area contributed by atoms with E-state index in [4.69, 9.17) is 5.73 Å². The summed E-state index contributed by atoms with van der Waals surface area (Å²) in [5.41, 5.74) is 6.91. The van der Waals surface area contributed by atoms with E-state index in [0.717, 1.165) is 31.6 Å². The lowest BCUT2D eigenvalue weighted by atomic mass is 9.92. The van der Waals surface area contributed by atoms with Gasteiger partial charge in [0.05, 0.1) is 24.4 Å². The average molecular weight is 300 g/mol. The molecule has 0 aliphatic carbocycles. The van der Waals surface area contributed by atoms with E-state index in [9.17, 15) is 9.90 Å². The van der Waals surface area contributed by atoms with Crippen molar-refractivity contribution in [3.05, 3.63) is 24.0 Å². The molecule has 0 spiro atoms. The number of piperidine rings is 1. The lowest BCUT2D eigenvalue weighted by molar-refractivity contribution is -0.132. The summed E-state index contributed by atoms with van der Waals surface area (Å²) in [5.74, 6) is 0.417. The number of aromatic nitrogens is 1. The minimum atomic E-state index is -0.281. The predicted octanol–water partition coefficient (Wildman–Crippen LogP) is 1.25. The van der Waals surface area contributed by atoms with Crippen LogP contribution in [0.2, 0.25) is 0 Å². The van der Waals surface area contributed by atoms with Gasteiger partial charge in [0.2, 0.25) is 5.91 Å². The monoisotopic (exact) mass is 299 g/mol. The fourth-order valence-corrected chi connectivity index (χ4v) is 2.44. The molecule has 1 amide bonds. The molecule has 2 heterocycles. The Morgan fingerprint density at radius 1 is 1.50 bits per heavy atom. The normalized spacial score (nSPS) is 17.4. The van der Waals surface area contributed by atoms with Crippen LogP contribution in [0.25, 0.3) is 0 Å². The number of nitrogens with zero attached hydrogens (tertiary/aromatic N) is 2. The van der Waals surface area contributed by atoms with Gasteiger partial charge in [0.15, 0.2) is 0 Å². The van der Waals surface area contributed by atoms with Gasteiger partial charge >= 0.3 is 0 Å². The zero-order valence-electron chi connectivity index (χ0n) is 11.7. The van der Waals surface area contributed by atoms with E-state index in [1.54, 1.807) is 18.3 Å². The zero-order valence-corrected chi connectivity index (χ0v) is 12.5. The van der Waals surface area contributed by atoms with Crippen LogP contribution >= 0.6 is 12.4 Å². The van der Waals surface area contributed by atoms with E-state index in [1.165, 1.54) is 0 Å². The number of nitrogen functional groups attached to an aromatic ring is 1. The molecule has 20 heavy (non-hydrogen) atoms. The smallest absolute Gasteiger partial charge is 0.228 e. The molecule has 1 atom stereocenters. The third-order valence-electron chi connectivity index (χ3n) is 3.75. The van der Waals surface area contributed by atoms with Gasteiger partial charge in [0.1, 0.15) is 0 Å². The molecule has 1 fully saturated rings. The Morgan fingerprint density at radius 2 is 2.15 bits per heavy atom. The number of nitrogens with two attached hydrogens (primary N) is 1. The van der Waals surface area contributed by atoms with Crippen molar-refractivity contribution in [1.29, 1.82) is 0 Å². The van der Waals surface area contributed by atoms with Gasteiger partial charge in [0.25, 0.3) is 0 Å². The molecule has 3 N–H and O–H groups in total. The summed E-state index contributed by atoms with van der Waals surface area (Å²) >= 11 is 0. The second-order valence-corrected chi connectivity index (χ2v) is 5.22. The van der Waals surface area contributed by atoms with Crippen molar-refractivity contribution in [2.45, 2.75) is 32.3 Å². The summed E-state index contributed by atoms with van der Waals surface area (Å²) in [4.78, 5) is 18.1. The molecular weight excluding hydrogens is 278 g/mol. The number of anilines is 1. The fraction of sp³-hybridized carbons (Fsp3) is 0.571. The standard InChI is InChI=1S/C14H21N3O2.ClH/c1-10(18)11-4-6-17(7-5-11)14(19)8-13-3-2-12(15)9-16-13;/h2-3,9-11,18H,4-8,15H2,1H3;1H. The highest BCUT2D eigenvalue weighted by Gasteiger charge is 2.25. The number of pyridine rings is 1. The number of aliphatic hydroxyl groups is 1. The SMILES string of the molecule is CC(O)C1CCN(C(=O)Cc2ccc(N)cn2)CC1.Cl. The number of amides is 1. The van der Waals surface area contributed by atoms with Gasteiger partial charge in [-0.2, -0.15) is 0 Å². The number of halogens is 1. The molecule has 1 saturated heterocycles. The summed E-state index contributed by atoms with van der Waals surface area (Å²) in [6, 6.07) is 3.55. The highest BCUT2D eigenvalue weighted by atomic mass is 35.5. The maximum absolute atomic E-state index is 12.1. The molecule has 1 aliphatic heterocycles. The Balaban J connectivity index is 0.00000200. The van der Waals surface area contributed by atoms with Crippen LogP contribution in [-0.4, -0.2) is 40.1 Å². The number of likely N-dealkylation sites (tertiary alicyclic amines) is 1. The first kappa shape index (κ1) is 16.7. The molecule has 1 aromatic rings. The molecule has 0 saturated carbocycles. The molecule has 6 heteroatoms. The molecule has 1 unspecified atom stereocenters. The Labute approximate surface area is 125 Å². The van der Waals surface area contributed by atoms with E-state index < -0.39 is 0 Å². The zero-order chi connectivity index (χ0) is 13.8. The molecule has 0 bridgehead atoms. The van der Waals surface area contributed by atoms with Gasteiger partial charge in [-0.3, -0.25) is 9.78 Å². The summed E-state index contributed by atoms with van der Waals surface area (Å²) in [6.45, 7) is 3.27. The summed E-state index contributed by atoms with van der Waals surface area (Å²) in [5, 5.41) is 9.54. The van der Waals surface area contributed by atoms with Gasteiger partial charge in [-0.05, 0) is 37.8 Å². The van der Waals surface area contributed by atoms with Crippen molar-refractivity contribution in [2.75, 3.05) is 18.8 Å². The molecule has 112 valence electrons. The van der Waals surface area contributed by atoms with Gasteiger partial charge < -0.3 is 15.7 Å². The molecule has 1 aromatic heterocycles. The van der Waals surface area contributed by atoms with Crippen molar-refractivity contribution in [1.82, 2.24) is 9.88 Å². The average Bonchev–Trinajstić information content (AvgIpc) is 2.41. The number of carbonyl (C=O) groups is 1. The van der Waals surface area contributed by atoms with E-state index >= 15 is 0 Å². The number of aliphatic hydroxyl groups excluding tert-OH is 1. The van der Waals surface area contributed by atoms with Gasteiger partial charge in [-0.25, -0.2) is 0 Å². The van der Waals surface area contributed by atoms with Crippen molar-refractivity contribution in [3.63, 3.8) is 0 Å². The largest absolute Gasteiger partial charge is 0.397 e. The maximum Gasteiger partial charge on any atom is 0.228 e. The Hall–Kier alpha value is -1.33. The van der Waals surface area contributed by atoms with Gasteiger partial charge in [0, 0.05) is 18.8 Å². The quantitative estimate of drug-likeness (QED) is 0.880. The first-order valence-corrected chi connectivity index (χ1v) is 6.72. The van der Waals surface area contributed by atoms with Crippen LogP contribution in [0.5, 0.6) is 0 Å². The minimum absolute atomic E-state index is 0. The Morgan fingerprint density at radius 3 is 2.65 bits per heavy atom. The highest BCUT2D eigenvalue weighted by Crippen LogP contribution is 2.21. The maximum atomic E-state index is 12.1. The predicted molar refractivity (Wildman–Crippen MR) is 80.6 cm³/mol.